The number of hydrogen-bond acceptors (Lipinski definition) is 4. The van der Waals surface area contributed by atoms with Crippen LogP contribution < -0.4 is 15.1 Å². The summed E-state index contributed by atoms with van der Waals surface area (Å²) in [4.78, 5) is 27.6. The molecule has 0 radical (unpaired) electrons. The Balaban J connectivity index is 1.83. The van der Waals surface area contributed by atoms with Gasteiger partial charge in [0.15, 0.2) is 6.54 Å². The van der Waals surface area contributed by atoms with Crippen LogP contribution in [0.1, 0.15) is 20.3 Å². The predicted octanol–water partition coefficient (Wildman–Crippen LogP) is 0.235. The molecule has 2 atom stereocenters. The minimum atomic E-state index is -0.600. The van der Waals surface area contributed by atoms with E-state index >= 15 is 0 Å². The van der Waals surface area contributed by atoms with Crippen molar-refractivity contribution < 1.29 is 23.6 Å². The molecule has 1 fully saturated rings. The summed E-state index contributed by atoms with van der Waals surface area (Å²) in [6, 6.07) is 5.88. The second-order valence-corrected chi connectivity index (χ2v) is 6.84. The van der Waals surface area contributed by atoms with Gasteiger partial charge < -0.3 is 19.9 Å². The fraction of sp³-hybridized carbons (Fsp3) is 0.579. The van der Waals surface area contributed by atoms with Crippen molar-refractivity contribution in [2.75, 3.05) is 44.7 Å². The Kier molecular flexibility index (Phi) is 7.38. The zero-order valence-corrected chi connectivity index (χ0v) is 15.8. The van der Waals surface area contributed by atoms with E-state index in [1.807, 2.05) is 13.8 Å². The van der Waals surface area contributed by atoms with E-state index in [1.165, 1.54) is 24.1 Å². The maximum absolute atomic E-state index is 13.0. The molecule has 1 saturated heterocycles. The van der Waals surface area contributed by atoms with E-state index in [9.17, 15) is 14.0 Å². The van der Waals surface area contributed by atoms with Gasteiger partial charge in [0.25, 0.3) is 5.91 Å². The Bertz CT molecular complexity index is 601. The fourth-order valence-electron chi connectivity index (χ4n) is 3.16. The average molecular weight is 366 g/mol. The van der Waals surface area contributed by atoms with Gasteiger partial charge in [-0.3, -0.25) is 4.79 Å². The molecule has 2 rings (SSSR count). The number of ether oxygens (including phenoxy) is 1. The molecule has 7 heteroatoms. The molecule has 1 amide bonds. The Hall–Kier alpha value is -2.15. The number of halogens is 1. The molecule has 0 spiro atoms. The van der Waals surface area contributed by atoms with E-state index in [2.05, 4.69) is 10.2 Å². The number of quaternary nitrogens is 1. The molecule has 0 aromatic heterocycles. The number of carbonyl (C=O) groups excluding carboxylic acids is 2. The largest absolute Gasteiger partial charge is 0.467 e. The maximum Gasteiger partial charge on any atom is 0.328 e. The second kappa shape index (κ2) is 9.52. The van der Waals surface area contributed by atoms with E-state index in [0.717, 1.165) is 38.3 Å². The van der Waals surface area contributed by atoms with Crippen LogP contribution in [0, 0.1) is 11.7 Å². The van der Waals surface area contributed by atoms with Crippen LogP contribution in [0.15, 0.2) is 24.3 Å². The smallest absolute Gasteiger partial charge is 0.328 e. The third kappa shape index (κ3) is 5.42. The third-order valence-corrected chi connectivity index (χ3v) is 5.06. The first kappa shape index (κ1) is 20.2. The van der Waals surface area contributed by atoms with Gasteiger partial charge in [0.2, 0.25) is 0 Å². The van der Waals surface area contributed by atoms with Crippen molar-refractivity contribution in [3.05, 3.63) is 30.1 Å². The van der Waals surface area contributed by atoms with Crippen molar-refractivity contribution in [3.8, 4) is 0 Å². The number of nitrogens with one attached hydrogen (secondary N) is 2. The van der Waals surface area contributed by atoms with Crippen molar-refractivity contribution >= 4 is 17.6 Å². The van der Waals surface area contributed by atoms with Crippen molar-refractivity contribution in [3.63, 3.8) is 0 Å². The van der Waals surface area contributed by atoms with Crippen LogP contribution in [0.4, 0.5) is 10.1 Å². The third-order valence-electron chi connectivity index (χ3n) is 5.06. The summed E-state index contributed by atoms with van der Waals surface area (Å²) >= 11 is 0. The van der Waals surface area contributed by atoms with Gasteiger partial charge in [0.05, 0.1) is 33.3 Å². The minimum absolute atomic E-state index is 0.0247. The highest BCUT2D eigenvalue weighted by Gasteiger charge is 2.29. The van der Waals surface area contributed by atoms with Crippen LogP contribution in [0.2, 0.25) is 0 Å². The number of methoxy groups -OCH3 is 1. The van der Waals surface area contributed by atoms with Gasteiger partial charge in [-0.1, -0.05) is 20.3 Å². The van der Waals surface area contributed by atoms with E-state index in [0.29, 0.717) is 6.54 Å². The first-order valence-electron chi connectivity index (χ1n) is 9.15. The van der Waals surface area contributed by atoms with Crippen LogP contribution in [0.5, 0.6) is 0 Å². The Morgan fingerprint density at radius 3 is 2.42 bits per heavy atom. The predicted molar refractivity (Wildman–Crippen MR) is 97.6 cm³/mol. The van der Waals surface area contributed by atoms with Gasteiger partial charge >= 0.3 is 5.97 Å². The summed E-state index contributed by atoms with van der Waals surface area (Å²) in [5.74, 6) is -0.748. The molecule has 1 aromatic rings. The number of benzene rings is 1. The molecule has 1 aromatic carbocycles. The summed E-state index contributed by atoms with van der Waals surface area (Å²) in [6.45, 7) is 7.48. The van der Waals surface area contributed by atoms with Crippen LogP contribution in [0.3, 0.4) is 0 Å². The molecule has 1 aliphatic rings. The first-order valence-corrected chi connectivity index (χ1v) is 9.15. The van der Waals surface area contributed by atoms with Gasteiger partial charge in [0, 0.05) is 5.69 Å². The van der Waals surface area contributed by atoms with Crippen LogP contribution in [-0.4, -0.2) is 57.8 Å². The lowest BCUT2D eigenvalue weighted by Crippen LogP contribution is -3.16. The van der Waals surface area contributed by atoms with Gasteiger partial charge in [-0.15, -0.1) is 0 Å². The number of carbonyl (C=O) groups is 2. The number of hydrogen-bond donors (Lipinski definition) is 2. The molecular formula is C19H29FN3O3+. The number of amides is 1. The number of rotatable bonds is 7. The Labute approximate surface area is 154 Å². The molecule has 1 aliphatic heterocycles. The minimum Gasteiger partial charge on any atom is -0.467 e. The van der Waals surface area contributed by atoms with Gasteiger partial charge in [-0.25, -0.2) is 9.18 Å². The van der Waals surface area contributed by atoms with E-state index in [4.69, 9.17) is 4.74 Å². The summed E-state index contributed by atoms with van der Waals surface area (Å²) in [5, 5.41) is 2.83. The summed E-state index contributed by atoms with van der Waals surface area (Å²) in [6.07, 6.45) is 0.781. The number of anilines is 1. The lowest BCUT2D eigenvalue weighted by molar-refractivity contribution is -0.892. The van der Waals surface area contributed by atoms with E-state index in [-0.39, 0.29) is 17.6 Å². The molecule has 0 bridgehead atoms. The monoisotopic (exact) mass is 366 g/mol. The quantitative estimate of drug-likeness (QED) is 0.679. The Morgan fingerprint density at radius 2 is 1.88 bits per heavy atom. The molecule has 6 nitrogen and oxygen atoms in total. The summed E-state index contributed by atoms with van der Waals surface area (Å²) in [7, 11) is 1.34. The standard InChI is InChI=1S/C19H28FN3O3/c1-4-14(2)18(19(25)26-3)21-17(24)13-22-9-11-23(12-10-22)16-7-5-15(20)6-8-16/h5-8,14,18H,4,9-13H2,1-3H3,(H,21,24)/p+1/t14-,18+/m1/s1. The zero-order valence-electron chi connectivity index (χ0n) is 15.8. The molecule has 0 aliphatic carbocycles. The lowest BCUT2D eigenvalue weighted by atomic mass is 9.99. The molecule has 0 unspecified atom stereocenters. The van der Waals surface area contributed by atoms with Crippen molar-refractivity contribution in [1.82, 2.24) is 5.32 Å². The van der Waals surface area contributed by atoms with Crippen molar-refractivity contribution in [2.24, 2.45) is 5.92 Å². The number of esters is 1. The van der Waals surface area contributed by atoms with Crippen molar-refractivity contribution in [2.45, 2.75) is 26.3 Å². The van der Waals surface area contributed by atoms with E-state index < -0.39 is 12.0 Å². The highest BCUT2D eigenvalue weighted by Crippen LogP contribution is 2.14. The Morgan fingerprint density at radius 1 is 1.27 bits per heavy atom. The molecular weight excluding hydrogens is 337 g/mol. The number of nitrogens with zero attached hydrogens (tertiary/aromatic N) is 1. The molecule has 26 heavy (non-hydrogen) atoms. The highest BCUT2D eigenvalue weighted by molar-refractivity contribution is 5.85. The van der Waals surface area contributed by atoms with Gasteiger partial charge in [-0.2, -0.15) is 0 Å². The summed E-state index contributed by atoms with van der Waals surface area (Å²) in [5.41, 5.74) is 0.998. The highest BCUT2D eigenvalue weighted by atomic mass is 19.1. The number of piperazine rings is 1. The van der Waals surface area contributed by atoms with Crippen molar-refractivity contribution in [1.29, 1.82) is 0 Å². The first-order chi connectivity index (χ1) is 12.4. The maximum atomic E-state index is 13.0. The summed E-state index contributed by atoms with van der Waals surface area (Å²) < 4.78 is 17.8. The molecule has 144 valence electrons. The van der Waals surface area contributed by atoms with Gasteiger partial charge in [-0.05, 0) is 30.2 Å². The van der Waals surface area contributed by atoms with Gasteiger partial charge in [0.1, 0.15) is 11.9 Å². The fourth-order valence-corrected chi connectivity index (χ4v) is 3.16. The SMILES string of the molecule is CC[C@@H](C)[C@H](NC(=O)C[NH+]1CCN(c2ccc(F)cc2)CC1)C(=O)OC. The lowest BCUT2D eigenvalue weighted by Gasteiger charge is -2.33. The zero-order chi connectivity index (χ0) is 19.1. The van der Waals surface area contributed by atoms with Crippen LogP contribution in [0.25, 0.3) is 0 Å². The molecule has 0 saturated carbocycles. The average Bonchev–Trinajstić information content (AvgIpc) is 2.66. The normalized spacial score (nSPS) is 17.5. The van der Waals surface area contributed by atoms with Crippen LogP contribution >= 0.6 is 0 Å². The molecule has 2 N–H and O–H groups in total. The second-order valence-electron chi connectivity index (χ2n) is 6.84. The molecule has 1 heterocycles. The topological polar surface area (TPSA) is 63.1 Å². The van der Waals surface area contributed by atoms with E-state index in [1.54, 1.807) is 12.1 Å². The van der Waals surface area contributed by atoms with Crippen LogP contribution in [-0.2, 0) is 14.3 Å².